The summed E-state index contributed by atoms with van der Waals surface area (Å²) in [7, 11) is 0. The zero-order valence-corrected chi connectivity index (χ0v) is 5.62. The van der Waals surface area contributed by atoms with Crippen LogP contribution in [0, 0.1) is 6.42 Å². The molecule has 0 aromatic rings. The fourth-order valence-electron chi connectivity index (χ4n) is 1.14. The third kappa shape index (κ3) is 0.948. The summed E-state index contributed by atoms with van der Waals surface area (Å²) >= 11 is 0. The van der Waals surface area contributed by atoms with Gasteiger partial charge in [0.15, 0.2) is 0 Å². The predicted octanol–water partition coefficient (Wildman–Crippen LogP) is 1.06. The fourth-order valence-corrected chi connectivity index (χ4v) is 1.14. The van der Waals surface area contributed by atoms with Gasteiger partial charge in [-0.05, 0) is 11.6 Å². The zero-order chi connectivity index (χ0) is 6.81. The first-order chi connectivity index (χ1) is 4.97. The van der Waals surface area contributed by atoms with Gasteiger partial charge in [-0.15, -0.1) is 0 Å². The molecule has 0 saturated heterocycles. The lowest BCUT2D eigenvalue weighted by molar-refractivity contribution is 0.0942. The molecule has 0 bridgehead atoms. The van der Waals surface area contributed by atoms with Crippen LogP contribution >= 0.6 is 0 Å². The molecule has 0 saturated carbocycles. The molecule has 2 nitrogen and oxygen atoms in total. The van der Waals surface area contributed by atoms with Crippen molar-refractivity contribution in [3.05, 3.63) is 30.4 Å². The molecule has 10 heavy (non-hydrogen) atoms. The Kier molecular flexibility index (Phi) is 1.47. The molecule has 0 spiro atoms. The van der Waals surface area contributed by atoms with E-state index < -0.39 is 0 Å². The highest BCUT2D eigenvalue weighted by molar-refractivity contribution is 5.23. The maximum Gasteiger partial charge on any atom is 0.111 e. The van der Waals surface area contributed by atoms with Gasteiger partial charge in [0.2, 0.25) is 0 Å². The summed E-state index contributed by atoms with van der Waals surface area (Å²) in [6, 6.07) is 0. The summed E-state index contributed by atoms with van der Waals surface area (Å²) < 4.78 is 10.5. The first kappa shape index (κ1) is 5.98. The van der Waals surface area contributed by atoms with Gasteiger partial charge in [0.05, 0.1) is 12.9 Å². The molecule has 2 rings (SSSR count). The Hall–Kier alpha value is -0.760. The van der Waals surface area contributed by atoms with Crippen molar-refractivity contribution in [2.75, 3.05) is 13.2 Å². The normalized spacial score (nSPS) is 30.4. The summed E-state index contributed by atoms with van der Waals surface area (Å²) in [4.78, 5) is 0. The minimum absolute atomic E-state index is 0.179. The minimum atomic E-state index is 0.179. The molecule has 1 radical (unpaired) electrons. The second-order valence-electron chi connectivity index (χ2n) is 2.37. The Morgan fingerprint density at radius 3 is 3.40 bits per heavy atom. The Morgan fingerprint density at radius 1 is 1.50 bits per heavy atom. The van der Waals surface area contributed by atoms with Gasteiger partial charge in [-0.1, -0.05) is 6.08 Å². The SMILES string of the molecule is [CH]1C=C2COC=CC2OC1. The highest BCUT2D eigenvalue weighted by Crippen LogP contribution is 2.18. The van der Waals surface area contributed by atoms with Crippen LogP contribution in [0.2, 0.25) is 0 Å². The summed E-state index contributed by atoms with van der Waals surface area (Å²) in [6.45, 7) is 1.40. The topological polar surface area (TPSA) is 18.5 Å². The van der Waals surface area contributed by atoms with E-state index in [1.807, 2.05) is 12.5 Å². The van der Waals surface area contributed by atoms with E-state index in [0.29, 0.717) is 6.61 Å². The Balaban J connectivity index is 2.20. The van der Waals surface area contributed by atoms with E-state index in [1.165, 1.54) is 5.57 Å². The third-order valence-corrected chi connectivity index (χ3v) is 1.67. The summed E-state index contributed by atoms with van der Waals surface area (Å²) in [6.07, 6.45) is 7.90. The van der Waals surface area contributed by atoms with Gasteiger partial charge in [-0.3, -0.25) is 0 Å². The average molecular weight is 137 g/mol. The molecule has 0 amide bonds. The molecule has 53 valence electrons. The molecule has 0 N–H and O–H groups in total. The molecule has 0 aliphatic carbocycles. The van der Waals surface area contributed by atoms with Crippen molar-refractivity contribution in [2.24, 2.45) is 0 Å². The van der Waals surface area contributed by atoms with Gasteiger partial charge in [0.1, 0.15) is 12.7 Å². The van der Waals surface area contributed by atoms with E-state index >= 15 is 0 Å². The van der Waals surface area contributed by atoms with Crippen LogP contribution in [0.3, 0.4) is 0 Å². The van der Waals surface area contributed by atoms with Crippen molar-refractivity contribution < 1.29 is 9.47 Å². The average Bonchev–Trinajstić information content (AvgIpc) is 2.05. The summed E-state index contributed by atoms with van der Waals surface area (Å²) in [5.41, 5.74) is 1.22. The fraction of sp³-hybridized carbons (Fsp3) is 0.375. The van der Waals surface area contributed by atoms with E-state index in [9.17, 15) is 0 Å². The molecule has 2 heterocycles. The highest BCUT2D eigenvalue weighted by Gasteiger charge is 2.18. The lowest BCUT2D eigenvalue weighted by Crippen LogP contribution is -2.23. The standard InChI is InChI=1S/C8H9O2/c1-2-7-6-9-5-3-8(7)10-4-1/h1-3,5,8H,4,6H2. The third-order valence-electron chi connectivity index (χ3n) is 1.67. The van der Waals surface area contributed by atoms with Crippen molar-refractivity contribution in [3.63, 3.8) is 0 Å². The van der Waals surface area contributed by atoms with Crippen molar-refractivity contribution in [2.45, 2.75) is 6.10 Å². The molecule has 2 aliphatic heterocycles. The predicted molar refractivity (Wildman–Crippen MR) is 37.2 cm³/mol. The Labute approximate surface area is 60.1 Å². The smallest absolute Gasteiger partial charge is 0.111 e. The summed E-state index contributed by atoms with van der Waals surface area (Å²) in [5.74, 6) is 0. The van der Waals surface area contributed by atoms with Gasteiger partial charge in [-0.25, -0.2) is 0 Å². The number of hydrogen-bond donors (Lipinski definition) is 0. The van der Waals surface area contributed by atoms with Crippen LogP contribution in [0.4, 0.5) is 0 Å². The lowest BCUT2D eigenvalue weighted by atomic mass is 10.1. The number of rotatable bonds is 0. The number of hydrogen-bond acceptors (Lipinski definition) is 2. The molecular weight excluding hydrogens is 128 g/mol. The van der Waals surface area contributed by atoms with E-state index in [0.717, 1.165) is 6.61 Å². The first-order valence-electron chi connectivity index (χ1n) is 3.39. The molecule has 1 unspecified atom stereocenters. The van der Waals surface area contributed by atoms with Crippen LogP contribution in [0.5, 0.6) is 0 Å². The lowest BCUT2D eigenvalue weighted by Gasteiger charge is -2.24. The van der Waals surface area contributed by atoms with Gasteiger partial charge >= 0.3 is 0 Å². The van der Waals surface area contributed by atoms with Crippen LogP contribution in [0.1, 0.15) is 0 Å². The molecule has 1 atom stereocenters. The maximum absolute atomic E-state index is 5.39. The molecule has 0 fully saturated rings. The minimum Gasteiger partial charge on any atom is -0.497 e. The largest absolute Gasteiger partial charge is 0.497 e. The first-order valence-corrected chi connectivity index (χ1v) is 3.39. The molecular formula is C8H9O2. The van der Waals surface area contributed by atoms with Gasteiger partial charge in [-0.2, -0.15) is 0 Å². The van der Waals surface area contributed by atoms with Crippen LogP contribution in [0.15, 0.2) is 24.0 Å². The van der Waals surface area contributed by atoms with Crippen LogP contribution < -0.4 is 0 Å². The number of fused-ring (bicyclic) bond motifs is 1. The Bertz CT molecular complexity index is 182. The molecule has 0 aromatic carbocycles. The highest BCUT2D eigenvalue weighted by atomic mass is 16.5. The maximum atomic E-state index is 5.39. The van der Waals surface area contributed by atoms with Crippen molar-refractivity contribution >= 4 is 0 Å². The van der Waals surface area contributed by atoms with E-state index in [1.54, 1.807) is 6.26 Å². The molecule has 0 aromatic heterocycles. The van der Waals surface area contributed by atoms with Crippen molar-refractivity contribution in [3.8, 4) is 0 Å². The van der Waals surface area contributed by atoms with E-state index in [-0.39, 0.29) is 6.10 Å². The second-order valence-corrected chi connectivity index (χ2v) is 2.37. The molecule has 2 heteroatoms. The van der Waals surface area contributed by atoms with E-state index in [4.69, 9.17) is 9.47 Å². The monoisotopic (exact) mass is 137 g/mol. The van der Waals surface area contributed by atoms with Crippen molar-refractivity contribution in [1.82, 2.24) is 0 Å². The van der Waals surface area contributed by atoms with Crippen molar-refractivity contribution in [1.29, 1.82) is 0 Å². The summed E-state index contributed by atoms with van der Waals surface area (Å²) in [5, 5.41) is 0. The second kappa shape index (κ2) is 2.46. The van der Waals surface area contributed by atoms with Gasteiger partial charge in [0, 0.05) is 6.42 Å². The molecule has 2 aliphatic rings. The van der Waals surface area contributed by atoms with Crippen LogP contribution in [-0.2, 0) is 9.47 Å². The van der Waals surface area contributed by atoms with Gasteiger partial charge in [0.25, 0.3) is 0 Å². The van der Waals surface area contributed by atoms with Crippen LogP contribution in [-0.4, -0.2) is 19.3 Å². The zero-order valence-electron chi connectivity index (χ0n) is 5.62. The Morgan fingerprint density at radius 2 is 2.50 bits per heavy atom. The number of ether oxygens (including phenoxy) is 2. The van der Waals surface area contributed by atoms with Crippen LogP contribution in [0.25, 0.3) is 0 Å². The van der Waals surface area contributed by atoms with Gasteiger partial charge < -0.3 is 9.47 Å². The van der Waals surface area contributed by atoms with E-state index in [2.05, 4.69) is 6.08 Å². The quantitative estimate of drug-likeness (QED) is 0.497.